The first-order valence-corrected chi connectivity index (χ1v) is 14.8. The average molecular weight is 523 g/mol. The molecule has 2 heterocycles. The van der Waals surface area contributed by atoms with Crippen molar-refractivity contribution in [2.45, 2.75) is 79.1 Å². The molecule has 2 aliphatic rings. The van der Waals surface area contributed by atoms with Crippen molar-refractivity contribution in [1.29, 1.82) is 0 Å². The molecule has 0 spiro atoms. The highest BCUT2D eigenvalue weighted by atomic mass is 16.5. The number of nitrogens with zero attached hydrogens (tertiary/aromatic N) is 2. The predicted molar refractivity (Wildman–Crippen MR) is 162 cm³/mol. The third-order valence-corrected chi connectivity index (χ3v) is 7.81. The summed E-state index contributed by atoms with van der Waals surface area (Å²) in [5, 5.41) is 0. The molecule has 38 heavy (non-hydrogen) atoms. The van der Waals surface area contributed by atoms with E-state index in [4.69, 9.17) is 9.47 Å². The Morgan fingerprint density at radius 2 is 0.947 bits per heavy atom. The van der Waals surface area contributed by atoms with E-state index >= 15 is 0 Å². The van der Waals surface area contributed by atoms with Gasteiger partial charge in [0.1, 0.15) is 24.7 Å². The van der Waals surface area contributed by atoms with Gasteiger partial charge in [-0.1, -0.05) is 79.7 Å². The van der Waals surface area contributed by atoms with Crippen LogP contribution >= 0.6 is 0 Å². The van der Waals surface area contributed by atoms with Gasteiger partial charge in [0.2, 0.25) is 0 Å². The molecule has 2 aliphatic heterocycles. The van der Waals surface area contributed by atoms with Crippen molar-refractivity contribution in [3.8, 4) is 11.5 Å². The van der Waals surface area contributed by atoms with Crippen LogP contribution < -0.4 is 9.47 Å². The number of rotatable bonds is 8. The standard InChI is InChI=1S/2C17H27NO/c2*1-14-9-10-18(13-14)11-12-19-16-7-5-15(6-8-16)17(2,3)4/h2*5-8,14H,9-13H2,1-4H3/t14-;/m1./s1. The normalized spacial score (nSPS) is 20.7. The first kappa shape index (κ1) is 30.5. The molecule has 0 aromatic heterocycles. The van der Waals surface area contributed by atoms with Crippen LogP contribution in [0.15, 0.2) is 48.5 Å². The van der Waals surface area contributed by atoms with Crippen molar-refractivity contribution in [3.63, 3.8) is 0 Å². The lowest BCUT2D eigenvalue weighted by molar-refractivity contribution is 0.234. The Morgan fingerprint density at radius 1 is 0.605 bits per heavy atom. The highest BCUT2D eigenvalue weighted by molar-refractivity contribution is 5.32. The summed E-state index contributed by atoms with van der Waals surface area (Å²) in [6.07, 6.45) is 2.67. The van der Waals surface area contributed by atoms with E-state index in [1.54, 1.807) is 0 Å². The maximum atomic E-state index is 5.83. The second-order valence-electron chi connectivity index (χ2n) is 13.6. The summed E-state index contributed by atoms with van der Waals surface area (Å²) in [5.74, 6) is 3.68. The van der Waals surface area contributed by atoms with Crippen LogP contribution in [0.2, 0.25) is 0 Å². The summed E-state index contributed by atoms with van der Waals surface area (Å²) in [7, 11) is 0. The second-order valence-corrected chi connectivity index (χ2v) is 13.6. The molecule has 2 atom stereocenters. The number of benzene rings is 2. The fourth-order valence-electron chi connectivity index (χ4n) is 5.15. The van der Waals surface area contributed by atoms with Gasteiger partial charge < -0.3 is 9.47 Å². The molecule has 0 bridgehead atoms. The molecule has 0 saturated carbocycles. The van der Waals surface area contributed by atoms with Gasteiger partial charge in [0.05, 0.1) is 0 Å². The average Bonchev–Trinajstić information content (AvgIpc) is 3.46. The molecule has 0 radical (unpaired) electrons. The molecule has 0 amide bonds. The Morgan fingerprint density at radius 3 is 1.21 bits per heavy atom. The van der Waals surface area contributed by atoms with E-state index in [1.807, 2.05) is 0 Å². The lowest BCUT2D eigenvalue weighted by atomic mass is 9.87. The van der Waals surface area contributed by atoms with E-state index in [2.05, 4.69) is 114 Å². The maximum Gasteiger partial charge on any atom is 0.119 e. The van der Waals surface area contributed by atoms with Gasteiger partial charge in [-0.3, -0.25) is 9.80 Å². The van der Waals surface area contributed by atoms with Crippen LogP contribution in [-0.2, 0) is 10.8 Å². The molecule has 4 nitrogen and oxygen atoms in total. The van der Waals surface area contributed by atoms with E-state index in [0.717, 1.165) is 49.6 Å². The lowest BCUT2D eigenvalue weighted by Crippen LogP contribution is -2.25. The fraction of sp³-hybridized carbons (Fsp3) is 0.647. The van der Waals surface area contributed by atoms with Crippen LogP contribution in [0.3, 0.4) is 0 Å². The zero-order valence-electron chi connectivity index (χ0n) is 25.6. The largest absolute Gasteiger partial charge is 0.492 e. The van der Waals surface area contributed by atoms with Crippen molar-refractivity contribution < 1.29 is 9.47 Å². The fourth-order valence-corrected chi connectivity index (χ4v) is 5.15. The van der Waals surface area contributed by atoms with E-state index < -0.39 is 0 Å². The predicted octanol–water partition coefficient (Wildman–Crippen LogP) is 7.41. The summed E-state index contributed by atoms with van der Waals surface area (Å²) in [4.78, 5) is 4.99. The smallest absolute Gasteiger partial charge is 0.119 e. The molecular formula is C34H54N2O2. The number of hydrogen-bond acceptors (Lipinski definition) is 4. The topological polar surface area (TPSA) is 24.9 Å². The van der Waals surface area contributed by atoms with Crippen molar-refractivity contribution in [2.24, 2.45) is 11.8 Å². The Bertz CT molecular complexity index is 861. The van der Waals surface area contributed by atoms with Gasteiger partial charge in [-0.25, -0.2) is 0 Å². The molecular weight excluding hydrogens is 468 g/mol. The van der Waals surface area contributed by atoms with Gasteiger partial charge in [-0.2, -0.15) is 0 Å². The monoisotopic (exact) mass is 522 g/mol. The van der Waals surface area contributed by atoms with Crippen molar-refractivity contribution >= 4 is 0 Å². The van der Waals surface area contributed by atoms with Gasteiger partial charge >= 0.3 is 0 Å². The Kier molecular flexibility index (Phi) is 11.1. The Balaban J connectivity index is 0.000000211. The van der Waals surface area contributed by atoms with E-state index in [-0.39, 0.29) is 10.8 Å². The van der Waals surface area contributed by atoms with Gasteiger partial charge in [0, 0.05) is 26.2 Å². The first-order valence-electron chi connectivity index (χ1n) is 14.8. The molecule has 212 valence electrons. The summed E-state index contributed by atoms with van der Waals surface area (Å²) in [5.41, 5.74) is 3.13. The van der Waals surface area contributed by atoms with Gasteiger partial charge in [-0.15, -0.1) is 0 Å². The molecule has 2 aromatic rings. The summed E-state index contributed by atoms with van der Waals surface area (Å²) in [6, 6.07) is 17.1. The van der Waals surface area contributed by atoms with Crippen LogP contribution in [-0.4, -0.2) is 62.3 Å². The van der Waals surface area contributed by atoms with E-state index in [0.29, 0.717) is 0 Å². The minimum atomic E-state index is 0.213. The minimum Gasteiger partial charge on any atom is -0.492 e. The zero-order chi connectivity index (χ0) is 27.8. The third-order valence-electron chi connectivity index (χ3n) is 7.81. The molecule has 2 fully saturated rings. The van der Waals surface area contributed by atoms with Gasteiger partial charge in [0.25, 0.3) is 0 Å². The summed E-state index contributed by atoms with van der Waals surface area (Å²) < 4.78 is 11.7. The first-order chi connectivity index (χ1) is 17.9. The Labute approximate surface area is 233 Å². The minimum absolute atomic E-state index is 0.213. The van der Waals surface area contributed by atoms with E-state index in [1.165, 1.54) is 50.1 Å². The zero-order valence-corrected chi connectivity index (χ0v) is 25.6. The summed E-state index contributed by atoms with van der Waals surface area (Å²) in [6.45, 7) is 26.6. The molecule has 0 N–H and O–H groups in total. The van der Waals surface area contributed by atoms with Crippen LogP contribution in [0.4, 0.5) is 0 Å². The SMILES string of the molecule is CC1CCN(CCOc2ccc(C(C)(C)C)cc2)C1.C[C@@H]1CCN(CCOc2ccc(C(C)(C)C)cc2)C1. The molecule has 1 unspecified atom stereocenters. The van der Waals surface area contributed by atoms with Crippen LogP contribution in [0.25, 0.3) is 0 Å². The van der Waals surface area contributed by atoms with Crippen LogP contribution in [0.5, 0.6) is 11.5 Å². The maximum absolute atomic E-state index is 5.83. The molecule has 2 saturated heterocycles. The van der Waals surface area contributed by atoms with Gasteiger partial charge in [-0.05, 0) is 84.0 Å². The third kappa shape index (κ3) is 10.3. The number of hydrogen-bond donors (Lipinski definition) is 0. The molecule has 4 rings (SSSR count). The summed E-state index contributed by atoms with van der Waals surface area (Å²) >= 11 is 0. The van der Waals surface area contributed by atoms with Crippen LogP contribution in [0.1, 0.15) is 79.4 Å². The Hall–Kier alpha value is -2.04. The van der Waals surface area contributed by atoms with E-state index in [9.17, 15) is 0 Å². The lowest BCUT2D eigenvalue weighted by Gasteiger charge is -2.19. The van der Waals surface area contributed by atoms with Crippen LogP contribution in [0, 0.1) is 11.8 Å². The quantitative estimate of drug-likeness (QED) is 0.360. The number of ether oxygens (including phenoxy) is 2. The van der Waals surface area contributed by atoms with Gasteiger partial charge in [0.15, 0.2) is 0 Å². The highest BCUT2D eigenvalue weighted by Crippen LogP contribution is 2.25. The van der Waals surface area contributed by atoms with Crippen molar-refractivity contribution in [2.75, 3.05) is 52.5 Å². The number of likely N-dealkylation sites (tertiary alicyclic amines) is 2. The van der Waals surface area contributed by atoms with Crippen molar-refractivity contribution in [1.82, 2.24) is 9.80 Å². The molecule has 0 aliphatic carbocycles. The second kappa shape index (κ2) is 13.8. The van der Waals surface area contributed by atoms with Crippen molar-refractivity contribution in [3.05, 3.63) is 59.7 Å². The molecule has 2 aromatic carbocycles. The highest BCUT2D eigenvalue weighted by Gasteiger charge is 2.19. The molecule has 4 heteroatoms.